The standard InChI is InChI=1S/C15H17BrFNO2.C2H6/c1-20-14(19)15(17)7-11(8-15)18-13-5-2-9-6-10(16)3-4-12(9)13;1-2/h3-4,6,11,13,18H,2,5,7-8H2,1H3;1-2H3. The first kappa shape index (κ1) is 17.4. The third-order valence-corrected chi connectivity index (χ3v) is 4.80. The summed E-state index contributed by atoms with van der Waals surface area (Å²) in [7, 11) is 1.23. The molecule has 5 heteroatoms. The monoisotopic (exact) mass is 371 g/mol. The van der Waals surface area contributed by atoms with Gasteiger partial charge in [0, 0.05) is 29.4 Å². The highest BCUT2D eigenvalue weighted by atomic mass is 79.9. The fraction of sp³-hybridized carbons (Fsp3) is 0.588. The van der Waals surface area contributed by atoms with Gasteiger partial charge in [0.05, 0.1) is 7.11 Å². The molecule has 0 aliphatic heterocycles. The molecule has 1 aromatic carbocycles. The largest absolute Gasteiger partial charge is 0.467 e. The van der Waals surface area contributed by atoms with Crippen molar-refractivity contribution in [1.82, 2.24) is 5.32 Å². The van der Waals surface area contributed by atoms with Crippen LogP contribution >= 0.6 is 15.9 Å². The molecule has 1 fully saturated rings. The van der Waals surface area contributed by atoms with Crippen molar-refractivity contribution in [3.63, 3.8) is 0 Å². The number of rotatable bonds is 3. The lowest BCUT2D eigenvalue weighted by molar-refractivity contribution is -0.163. The molecule has 0 amide bonds. The van der Waals surface area contributed by atoms with Crippen LogP contribution in [0.3, 0.4) is 0 Å². The van der Waals surface area contributed by atoms with E-state index in [9.17, 15) is 9.18 Å². The van der Waals surface area contributed by atoms with Crippen molar-refractivity contribution in [2.24, 2.45) is 0 Å². The van der Waals surface area contributed by atoms with E-state index in [0.29, 0.717) is 0 Å². The number of carbonyl (C=O) groups excluding carboxylic acids is 1. The van der Waals surface area contributed by atoms with Crippen LogP contribution in [-0.2, 0) is 16.0 Å². The Balaban J connectivity index is 0.000000847. The lowest BCUT2D eigenvalue weighted by Crippen LogP contribution is -2.56. The van der Waals surface area contributed by atoms with Crippen LogP contribution in [0.5, 0.6) is 0 Å². The second kappa shape index (κ2) is 7.09. The maximum atomic E-state index is 14.1. The van der Waals surface area contributed by atoms with Gasteiger partial charge in [-0.25, -0.2) is 9.18 Å². The smallest absolute Gasteiger partial charge is 0.343 e. The van der Waals surface area contributed by atoms with Gasteiger partial charge in [-0.05, 0) is 36.1 Å². The number of methoxy groups -OCH3 is 1. The van der Waals surface area contributed by atoms with Crippen LogP contribution in [0.1, 0.15) is 50.3 Å². The highest BCUT2D eigenvalue weighted by Gasteiger charge is 2.52. The molecule has 1 aromatic rings. The zero-order chi connectivity index (χ0) is 16.3. The second-order valence-electron chi connectivity index (χ2n) is 5.66. The van der Waals surface area contributed by atoms with Gasteiger partial charge in [-0.3, -0.25) is 0 Å². The summed E-state index contributed by atoms with van der Waals surface area (Å²) in [5.74, 6) is -0.744. The molecule has 0 aromatic heterocycles. The van der Waals surface area contributed by atoms with Crippen molar-refractivity contribution in [1.29, 1.82) is 0 Å². The molecule has 0 heterocycles. The molecular weight excluding hydrogens is 349 g/mol. The van der Waals surface area contributed by atoms with Crippen LogP contribution < -0.4 is 5.32 Å². The number of hydrogen-bond acceptors (Lipinski definition) is 3. The van der Waals surface area contributed by atoms with E-state index < -0.39 is 11.6 Å². The molecular formula is C17H23BrFNO2. The minimum atomic E-state index is -1.78. The number of aryl methyl sites for hydroxylation is 1. The van der Waals surface area contributed by atoms with Crippen LogP contribution in [0, 0.1) is 0 Å². The maximum absolute atomic E-state index is 14.1. The van der Waals surface area contributed by atoms with Gasteiger partial charge in [-0.1, -0.05) is 35.8 Å². The highest BCUT2D eigenvalue weighted by Crippen LogP contribution is 2.40. The molecule has 1 saturated carbocycles. The van der Waals surface area contributed by atoms with Gasteiger partial charge < -0.3 is 10.1 Å². The van der Waals surface area contributed by atoms with Crippen molar-refractivity contribution < 1.29 is 13.9 Å². The summed E-state index contributed by atoms with van der Waals surface area (Å²) < 4.78 is 19.6. The third kappa shape index (κ3) is 3.35. The lowest BCUT2D eigenvalue weighted by atomic mass is 9.77. The minimum Gasteiger partial charge on any atom is -0.467 e. The van der Waals surface area contributed by atoms with E-state index in [4.69, 9.17) is 0 Å². The van der Waals surface area contributed by atoms with E-state index in [0.717, 1.165) is 17.3 Å². The molecule has 122 valence electrons. The molecule has 0 radical (unpaired) electrons. The molecule has 2 aliphatic rings. The topological polar surface area (TPSA) is 38.3 Å². The summed E-state index contributed by atoms with van der Waals surface area (Å²) in [5, 5.41) is 3.46. The molecule has 1 N–H and O–H groups in total. The number of hydrogen-bond donors (Lipinski definition) is 1. The van der Waals surface area contributed by atoms with E-state index in [-0.39, 0.29) is 24.9 Å². The maximum Gasteiger partial charge on any atom is 0.343 e. The molecule has 22 heavy (non-hydrogen) atoms. The Morgan fingerprint density at radius 1 is 1.41 bits per heavy atom. The van der Waals surface area contributed by atoms with Gasteiger partial charge in [-0.15, -0.1) is 0 Å². The fourth-order valence-corrected chi connectivity index (χ4v) is 3.64. The van der Waals surface area contributed by atoms with Crippen molar-refractivity contribution in [2.45, 2.75) is 57.3 Å². The molecule has 1 unspecified atom stereocenters. The average Bonchev–Trinajstić information content (AvgIpc) is 2.88. The highest BCUT2D eigenvalue weighted by molar-refractivity contribution is 9.10. The van der Waals surface area contributed by atoms with E-state index in [1.165, 1.54) is 18.2 Å². The Bertz CT molecular complexity index is 543. The lowest BCUT2D eigenvalue weighted by Gasteiger charge is -2.40. The summed E-state index contributed by atoms with van der Waals surface area (Å²) in [5.41, 5.74) is 0.853. The molecule has 1 atom stereocenters. The zero-order valence-corrected chi connectivity index (χ0v) is 14.9. The van der Waals surface area contributed by atoms with Gasteiger partial charge >= 0.3 is 5.97 Å². The number of fused-ring (bicyclic) bond motifs is 1. The van der Waals surface area contributed by atoms with Gasteiger partial charge in [0.15, 0.2) is 0 Å². The molecule has 0 spiro atoms. The Kier molecular flexibility index (Phi) is 5.61. The van der Waals surface area contributed by atoms with Crippen molar-refractivity contribution >= 4 is 21.9 Å². The van der Waals surface area contributed by atoms with Crippen molar-refractivity contribution in [2.75, 3.05) is 7.11 Å². The molecule has 0 bridgehead atoms. The fourth-order valence-electron chi connectivity index (χ4n) is 3.23. The SMILES string of the molecule is CC.COC(=O)C1(F)CC(NC2CCc3cc(Br)ccc32)C1. The molecule has 2 aliphatic carbocycles. The normalized spacial score (nSPS) is 29.0. The van der Waals surface area contributed by atoms with Crippen molar-refractivity contribution in [3.8, 4) is 0 Å². The van der Waals surface area contributed by atoms with E-state index >= 15 is 0 Å². The van der Waals surface area contributed by atoms with E-state index in [1.807, 2.05) is 19.9 Å². The summed E-state index contributed by atoms with van der Waals surface area (Å²) in [6, 6.07) is 6.62. The van der Waals surface area contributed by atoms with E-state index in [1.54, 1.807) is 0 Å². The van der Waals surface area contributed by atoms with Crippen molar-refractivity contribution in [3.05, 3.63) is 33.8 Å². The number of esters is 1. The zero-order valence-electron chi connectivity index (χ0n) is 13.3. The number of ether oxygens (including phenoxy) is 1. The first-order chi connectivity index (χ1) is 10.5. The molecule has 0 saturated heterocycles. The van der Waals surface area contributed by atoms with Crippen LogP contribution in [0.25, 0.3) is 0 Å². The number of nitrogens with one attached hydrogen (secondary N) is 1. The molecule has 3 nitrogen and oxygen atoms in total. The molecule has 3 rings (SSSR count). The quantitative estimate of drug-likeness (QED) is 0.812. The average molecular weight is 372 g/mol. The summed E-state index contributed by atoms with van der Waals surface area (Å²) >= 11 is 3.48. The summed E-state index contributed by atoms with van der Waals surface area (Å²) in [6.07, 6.45) is 2.49. The Hall–Kier alpha value is -0.940. The Labute approximate surface area is 139 Å². The second-order valence-corrected chi connectivity index (χ2v) is 6.58. The van der Waals surface area contributed by atoms with Gasteiger partial charge in [0.1, 0.15) is 0 Å². The van der Waals surface area contributed by atoms with Crippen LogP contribution in [0.4, 0.5) is 4.39 Å². The minimum absolute atomic E-state index is 0.0543. The van der Waals surface area contributed by atoms with Crippen LogP contribution in [0.2, 0.25) is 0 Å². The summed E-state index contributed by atoms with van der Waals surface area (Å²) in [4.78, 5) is 11.3. The first-order valence-corrected chi connectivity index (χ1v) is 8.63. The Morgan fingerprint density at radius 2 is 2.09 bits per heavy atom. The number of carbonyl (C=O) groups is 1. The Morgan fingerprint density at radius 3 is 2.73 bits per heavy atom. The number of halogens is 2. The van der Waals surface area contributed by atoms with Gasteiger partial charge in [0.25, 0.3) is 0 Å². The van der Waals surface area contributed by atoms with Gasteiger partial charge in [0.2, 0.25) is 5.67 Å². The number of benzene rings is 1. The third-order valence-electron chi connectivity index (χ3n) is 4.31. The first-order valence-electron chi connectivity index (χ1n) is 7.83. The van der Waals surface area contributed by atoms with Crippen LogP contribution in [-0.4, -0.2) is 24.8 Å². The van der Waals surface area contributed by atoms with Gasteiger partial charge in [-0.2, -0.15) is 0 Å². The predicted octanol–water partition coefficient (Wildman–Crippen LogP) is 4.10. The van der Waals surface area contributed by atoms with E-state index in [2.05, 4.69) is 38.1 Å². The predicted molar refractivity (Wildman–Crippen MR) is 88.6 cm³/mol. The summed E-state index contributed by atoms with van der Waals surface area (Å²) in [6.45, 7) is 4.00. The van der Waals surface area contributed by atoms with Crippen LogP contribution in [0.15, 0.2) is 22.7 Å². The number of alkyl halides is 1.